The summed E-state index contributed by atoms with van der Waals surface area (Å²) in [6.07, 6.45) is 2.60. The fourth-order valence-electron chi connectivity index (χ4n) is 5.84. The molecule has 0 bridgehead atoms. The number of aryl methyl sites for hydroxylation is 3. The molecule has 0 fully saturated rings. The van der Waals surface area contributed by atoms with E-state index in [0.29, 0.717) is 34.4 Å². The highest BCUT2D eigenvalue weighted by Gasteiger charge is 2.12. The van der Waals surface area contributed by atoms with E-state index in [0.717, 1.165) is 34.2 Å². The second kappa shape index (κ2) is 29.4. The fourth-order valence-corrected chi connectivity index (χ4v) is 5.84. The molecule has 8 aromatic rings. The van der Waals surface area contributed by atoms with Gasteiger partial charge in [-0.15, -0.1) is 6.58 Å². The lowest BCUT2D eigenvalue weighted by Gasteiger charge is -2.18. The van der Waals surface area contributed by atoms with Crippen molar-refractivity contribution in [1.29, 1.82) is 0 Å². The summed E-state index contributed by atoms with van der Waals surface area (Å²) in [5.41, 5.74) is 7.40. The van der Waals surface area contributed by atoms with Crippen LogP contribution < -0.4 is 4.74 Å². The number of pyridine rings is 1. The van der Waals surface area contributed by atoms with Crippen molar-refractivity contribution >= 4 is 10.9 Å². The lowest BCUT2D eigenvalue weighted by molar-refractivity contribution is 0.373. The Labute approximate surface area is 412 Å². The minimum absolute atomic E-state index is 0.0880. The van der Waals surface area contributed by atoms with Gasteiger partial charge < -0.3 is 50.7 Å². The summed E-state index contributed by atoms with van der Waals surface area (Å²) in [5, 5.41) is 81.5. The van der Waals surface area contributed by atoms with Crippen molar-refractivity contribution in [3.63, 3.8) is 0 Å². The zero-order valence-corrected chi connectivity index (χ0v) is 41.5. The Morgan fingerprint density at radius 2 is 1.01 bits per heavy atom. The van der Waals surface area contributed by atoms with Gasteiger partial charge in [0.1, 0.15) is 51.5 Å². The molecule has 11 nitrogen and oxygen atoms in total. The molecule has 0 saturated carbocycles. The number of aromatic nitrogens is 1. The molecule has 0 radical (unpaired) electrons. The molecule has 0 aliphatic heterocycles. The van der Waals surface area contributed by atoms with E-state index in [-0.39, 0.29) is 39.9 Å². The Morgan fingerprint density at radius 1 is 0.514 bits per heavy atom. The maximum Gasteiger partial charge on any atom is 0.160 e. The fraction of sp³-hybridized carbons (Fsp3) is 0.203. The molecular formula is C59H69NO10. The van der Waals surface area contributed by atoms with Gasteiger partial charge in [-0.05, 0) is 152 Å². The molecule has 0 saturated heterocycles. The Kier molecular flexibility index (Phi) is 24.3. The van der Waals surface area contributed by atoms with Crippen molar-refractivity contribution in [1.82, 2.24) is 4.98 Å². The van der Waals surface area contributed by atoms with Crippen LogP contribution in [0.4, 0.5) is 0 Å². The normalized spacial score (nSPS) is 9.97. The number of phenolic OH excluding ortho intramolecular Hbond substituents is 9. The third-order valence-corrected chi connectivity index (χ3v) is 9.72. The van der Waals surface area contributed by atoms with Gasteiger partial charge in [0.15, 0.2) is 11.5 Å². The minimum Gasteiger partial charge on any atom is -0.508 e. The van der Waals surface area contributed by atoms with Crippen LogP contribution in [0.2, 0.25) is 0 Å². The topological polar surface area (TPSA) is 204 Å². The van der Waals surface area contributed by atoms with Gasteiger partial charge in [-0.25, -0.2) is 4.98 Å². The molecule has 9 N–H and O–H groups in total. The third kappa shape index (κ3) is 22.5. The van der Waals surface area contributed by atoms with Crippen molar-refractivity contribution in [3.8, 4) is 57.5 Å². The molecular weight excluding hydrogens is 883 g/mol. The summed E-state index contributed by atoms with van der Waals surface area (Å²) in [6.45, 7) is 20.1. The molecule has 7 aromatic carbocycles. The second-order valence-electron chi connectivity index (χ2n) is 17.2. The van der Waals surface area contributed by atoms with E-state index >= 15 is 0 Å². The van der Waals surface area contributed by atoms with Gasteiger partial charge in [-0.2, -0.15) is 0 Å². The molecule has 1 heterocycles. The number of allylic oxidation sites excluding steroid dienone is 1. The van der Waals surface area contributed by atoms with E-state index in [1.165, 1.54) is 60.7 Å². The molecule has 11 heteroatoms. The predicted octanol–water partition coefficient (Wildman–Crippen LogP) is 13.8. The Bertz CT molecular complexity index is 2660. The number of hydrogen-bond donors (Lipinski definition) is 9. The van der Waals surface area contributed by atoms with Gasteiger partial charge in [-0.3, -0.25) is 0 Å². The average molecular weight is 952 g/mol. The van der Waals surface area contributed by atoms with E-state index in [9.17, 15) is 15.3 Å². The molecule has 70 heavy (non-hydrogen) atoms. The van der Waals surface area contributed by atoms with Gasteiger partial charge in [0.25, 0.3) is 0 Å². The Hall–Kier alpha value is -8.31. The summed E-state index contributed by atoms with van der Waals surface area (Å²) in [6, 6.07) is 46.4. The number of fused-ring (bicyclic) bond motifs is 1. The highest BCUT2D eigenvalue weighted by molar-refractivity contribution is 5.84. The van der Waals surface area contributed by atoms with Crippen molar-refractivity contribution in [2.45, 2.75) is 73.1 Å². The number of aromatic hydroxyl groups is 9. The second-order valence-corrected chi connectivity index (χ2v) is 17.2. The Balaban J connectivity index is 0.000000282. The maximum atomic E-state index is 9.46. The molecule has 370 valence electrons. The van der Waals surface area contributed by atoms with Gasteiger partial charge in [0.2, 0.25) is 0 Å². The first kappa shape index (κ1) is 57.8. The summed E-state index contributed by atoms with van der Waals surface area (Å²) < 4.78 is 4.95. The van der Waals surface area contributed by atoms with Crippen molar-refractivity contribution in [2.24, 2.45) is 0 Å². The van der Waals surface area contributed by atoms with Crippen LogP contribution in [0.15, 0.2) is 176 Å². The standard InChI is InChI=1S/C10H9NO.C10H12O2.2C10H14O.C7H8O.2C6H6O2/c1-7-5-6-8-3-2-4-9(12)10(8)11-7;1-3-4-8-5-6-9(11)10(7-8)12-2;1-10(2,3)8-4-6-9(11)7-5-8;1-7(2)9-5-4-8(3)6-10(9)11;1-6-2-4-7(8)5-3-6;7-5-1-2-6(8)4-3-5;7-5-2-1-3-6(8)4-5/h2-6,12H,1H3;3,5-7,11H,1,4H2,2H3;2*4-7,11H,1-3H3;2-5,8H,1H3;2*1-4,7-8H. The number of phenols is 9. The van der Waals surface area contributed by atoms with Gasteiger partial charge >= 0.3 is 0 Å². The number of rotatable bonds is 4. The van der Waals surface area contributed by atoms with Crippen molar-refractivity contribution < 1.29 is 50.7 Å². The number of para-hydroxylation sites is 1. The van der Waals surface area contributed by atoms with Crippen molar-refractivity contribution in [2.75, 3.05) is 7.11 Å². The molecule has 0 aliphatic rings. The quantitative estimate of drug-likeness (QED) is 0.0600. The average Bonchev–Trinajstić information content (AvgIpc) is 3.30. The number of benzene rings is 7. The smallest absolute Gasteiger partial charge is 0.160 e. The monoisotopic (exact) mass is 951 g/mol. The SMILES string of the molecule is C=CCc1ccc(O)c(OC)c1.CC(C)(C)c1ccc(O)cc1.Cc1ccc(C(C)C)c(O)c1.Cc1ccc(O)cc1.Cc1ccc2cccc(O)c2n1.Oc1ccc(O)cc1.Oc1cccc(O)c1. The summed E-state index contributed by atoms with van der Waals surface area (Å²) in [5.74, 6) is 2.92. The van der Waals surface area contributed by atoms with E-state index < -0.39 is 0 Å². The molecule has 1 aromatic heterocycles. The third-order valence-electron chi connectivity index (χ3n) is 9.72. The van der Waals surface area contributed by atoms with Gasteiger partial charge in [-0.1, -0.05) is 113 Å². The molecule has 8 rings (SSSR count). The molecule has 0 aliphatic carbocycles. The van der Waals surface area contributed by atoms with Gasteiger partial charge in [0, 0.05) is 17.1 Å². The number of ether oxygens (including phenoxy) is 1. The van der Waals surface area contributed by atoms with Crippen LogP contribution in [-0.4, -0.2) is 58.1 Å². The summed E-state index contributed by atoms with van der Waals surface area (Å²) in [7, 11) is 1.53. The van der Waals surface area contributed by atoms with Crippen LogP contribution in [0.5, 0.6) is 57.5 Å². The van der Waals surface area contributed by atoms with Crippen molar-refractivity contribution in [3.05, 3.63) is 210 Å². The van der Waals surface area contributed by atoms with E-state index in [1.54, 1.807) is 54.6 Å². The lowest BCUT2D eigenvalue weighted by Crippen LogP contribution is -2.10. The predicted molar refractivity (Wildman–Crippen MR) is 283 cm³/mol. The van der Waals surface area contributed by atoms with Gasteiger partial charge in [0.05, 0.1) is 7.11 Å². The molecule has 0 unspecified atom stereocenters. The number of methoxy groups -OCH3 is 1. The lowest BCUT2D eigenvalue weighted by atomic mass is 9.87. The van der Waals surface area contributed by atoms with Crippen LogP contribution in [0.1, 0.15) is 74.0 Å². The van der Waals surface area contributed by atoms with Crippen LogP contribution in [0.25, 0.3) is 10.9 Å². The van der Waals surface area contributed by atoms with Crippen LogP contribution in [0, 0.1) is 20.8 Å². The van der Waals surface area contributed by atoms with Crippen LogP contribution in [-0.2, 0) is 11.8 Å². The van der Waals surface area contributed by atoms with Crippen LogP contribution in [0.3, 0.4) is 0 Å². The molecule has 0 atom stereocenters. The first-order valence-electron chi connectivity index (χ1n) is 22.4. The van der Waals surface area contributed by atoms with E-state index in [4.69, 9.17) is 35.4 Å². The number of nitrogens with zero attached hydrogens (tertiary/aromatic N) is 1. The first-order valence-corrected chi connectivity index (χ1v) is 22.4. The highest BCUT2D eigenvalue weighted by Crippen LogP contribution is 2.28. The largest absolute Gasteiger partial charge is 0.508 e. The summed E-state index contributed by atoms with van der Waals surface area (Å²) in [4.78, 5) is 4.23. The first-order chi connectivity index (χ1) is 33.0. The zero-order chi connectivity index (χ0) is 52.4. The molecule has 0 amide bonds. The minimum atomic E-state index is 0.0880. The van der Waals surface area contributed by atoms with Crippen LogP contribution >= 0.6 is 0 Å². The molecule has 0 spiro atoms. The summed E-state index contributed by atoms with van der Waals surface area (Å²) >= 11 is 0. The maximum absolute atomic E-state index is 9.46. The highest BCUT2D eigenvalue weighted by atomic mass is 16.5. The van der Waals surface area contributed by atoms with E-state index in [1.807, 2.05) is 93.6 Å². The zero-order valence-electron chi connectivity index (χ0n) is 41.5. The number of hydrogen-bond acceptors (Lipinski definition) is 11. The van der Waals surface area contributed by atoms with E-state index in [2.05, 4.69) is 46.2 Å². The Morgan fingerprint density at radius 3 is 1.46 bits per heavy atom.